The van der Waals surface area contributed by atoms with Crippen molar-refractivity contribution in [2.24, 2.45) is 0 Å². The molecular weight excluding hydrogens is 330 g/mol. The minimum absolute atomic E-state index is 0.389. The van der Waals surface area contributed by atoms with Gasteiger partial charge in [0.25, 0.3) is 11.8 Å². The molecule has 2 aromatic heterocycles. The second-order valence-electron chi connectivity index (χ2n) is 5.38. The van der Waals surface area contributed by atoms with E-state index in [0.29, 0.717) is 27.9 Å². The molecule has 0 fully saturated rings. The number of furan rings is 1. The average molecular weight is 347 g/mol. The molecular formula is C20H17N3O3. The van der Waals surface area contributed by atoms with Crippen LogP contribution in [0.5, 0.6) is 0 Å². The van der Waals surface area contributed by atoms with Crippen molar-refractivity contribution in [1.82, 2.24) is 15.8 Å². The van der Waals surface area contributed by atoms with Crippen molar-refractivity contribution in [1.29, 1.82) is 0 Å². The topological polar surface area (TPSA) is 84.2 Å². The zero-order chi connectivity index (χ0) is 18.4. The molecule has 0 bridgehead atoms. The molecule has 0 radical (unpaired) electrons. The molecule has 2 amide bonds. The predicted molar refractivity (Wildman–Crippen MR) is 99.0 cm³/mol. The van der Waals surface area contributed by atoms with Crippen molar-refractivity contribution in [3.63, 3.8) is 0 Å². The van der Waals surface area contributed by atoms with Crippen molar-refractivity contribution in [3.05, 3.63) is 78.6 Å². The second-order valence-corrected chi connectivity index (χ2v) is 5.38. The number of hydrogen-bond acceptors (Lipinski definition) is 4. The average Bonchev–Trinajstić information content (AvgIpc) is 3.20. The number of aromatic nitrogens is 1. The van der Waals surface area contributed by atoms with Gasteiger partial charge < -0.3 is 4.42 Å². The van der Waals surface area contributed by atoms with Gasteiger partial charge in [0.1, 0.15) is 5.69 Å². The molecule has 2 N–H and O–H groups in total. The van der Waals surface area contributed by atoms with E-state index in [-0.39, 0.29) is 0 Å². The second kappa shape index (κ2) is 7.94. The highest BCUT2D eigenvalue weighted by Crippen LogP contribution is 2.25. The zero-order valence-electron chi connectivity index (χ0n) is 14.1. The summed E-state index contributed by atoms with van der Waals surface area (Å²) in [5, 5.41) is 0.680. The van der Waals surface area contributed by atoms with Crippen LogP contribution < -0.4 is 10.9 Å². The number of carbonyl (C=O) groups is 2. The molecule has 130 valence electrons. The molecule has 0 unspecified atom stereocenters. The van der Waals surface area contributed by atoms with Crippen molar-refractivity contribution in [3.8, 4) is 11.5 Å². The number of benzene rings is 1. The molecule has 1 aromatic carbocycles. The summed E-state index contributed by atoms with van der Waals surface area (Å²) in [6, 6.07) is 12.4. The van der Waals surface area contributed by atoms with Crippen LogP contribution in [-0.4, -0.2) is 16.8 Å². The number of rotatable bonds is 4. The maximum atomic E-state index is 12.6. The minimum Gasteiger partial charge on any atom is -0.463 e. The van der Waals surface area contributed by atoms with Gasteiger partial charge in [-0.05, 0) is 31.2 Å². The summed E-state index contributed by atoms with van der Waals surface area (Å²) in [7, 11) is 0. The van der Waals surface area contributed by atoms with E-state index in [1.165, 1.54) is 6.08 Å². The Kier molecular flexibility index (Phi) is 5.24. The summed E-state index contributed by atoms with van der Waals surface area (Å²) in [6.45, 7) is 1.84. The Morgan fingerprint density at radius 3 is 2.69 bits per heavy atom. The van der Waals surface area contributed by atoms with Crippen LogP contribution in [0.3, 0.4) is 0 Å². The molecule has 0 saturated carbocycles. The third kappa shape index (κ3) is 3.87. The summed E-state index contributed by atoms with van der Waals surface area (Å²) in [5.41, 5.74) is 6.36. The van der Waals surface area contributed by atoms with Crippen LogP contribution >= 0.6 is 0 Å². The molecule has 26 heavy (non-hydrogen) atoms. The number of amides is 2. The Morgan fingerprint density at radius 1 is 1.08 bits per heavy atom. The van der Waals surface area contributed by atoms with Gasteiger partial charge in [-0.15, -0.1) is 0 Å². The van der Waals surface area contributed by atoms with Gasteiger partial charge in [-0.2, -0.15) is 0 Å². The summed E-state index contributed by atoms with van der Waals surface area (Å²) < 4.78 is 5.38. The van der Waals surface area contributed by atoms with E-state index >= 15 is 0 Å². The van der Waals surface area contributed by atoms with Crippen molar-refractivity contribution < 1.29 is 14.0 Å². The van der Waals surface area contributed by atoms with Crippen LogP contribution in [0, 0.1) is 0 Å². The Morgan fingerprint density at radius 2 is 1.92 bits per heavy atom. The largest absolute Gasteiger partial charge is 0.463 e. The van der Waals surface area contributed by atoms with E-state index in [1.54, 1.807) is 48.8 Å². The van der Waals surface area contributed by atoms with Crippen LogP contribution in [0.15, 0.2) is 77.4 Å². The lowest BCUT2D eigenvalue weighted by atomic mass is 10.1. The molecule has 0 aliphatic heterocycles. The van der Waals surface area contributed by atoms with Crippen LogP contribution in [0.4, 0.5) is 0 Å². The van der Waals surface area contributed by atoms with Crippen molar-refractivity contribution >= 4 is 22.7 Å². The summed E-state index contributed by atoms with van der Waals surface area (Å²) >= 11 is 0. The molecule has 6 heteroatoms. The molecule has 3 aromatic rings. The highest BCUT2D eigenvalue weighted by molar-refractivity contribution is 6.07. The maximum Gasteiger partial charge on any atom is 0.270 e. The highest BCUT2D eigenvalue weighted by atomic mass is 16.3. The van der Waals surface area contributed by atoms with Crippen LogP contribution in [-0.2, 0) is 4.79 Å². The first kappa shape index (κ1) is 17.2. The van der Waals surface area contributed by atoms with Crippen LogP contribution in [0.1, 0.15) is 17.3 Å². The molecule has 2 heterocycles. The first-order valence-electron chi connectivity index (χ1n) is 8.02. The molecule has 0 aliphatic rings. The first-order chi connectivity index (χ1) is 12.7. The van der Waals surface area contributed by atoms with Gasteiger partial charge >= 0.3 is 0 Å². The smallest absolute Gasteiger partial charge is 0.270 e. The molecule has 0 saturated heterocycles. The number of nitrogens with zero attached hydrogens (tertiary/aromatic N) is 1. The minimum atomic E-state index is -0.441. The van der Waals surface area contributed by atoms with Gasteiger partial charge in [0, 0.05) is 11.5 Å². The summed E-state index contributed by atoms with van der Waals surface area (Å²) in [5.74, 6) is -0.312. The first-order valence-corrected chi connectivity index (χ1v) is 8.02. The number of carbonyl (C=O) groups excluding carboxylic acids is 2. The number of hydrogen-bond donors (Lipinski definition) is 2. The summed E-state index contributed by atoms with van der Waals surface area (Å²) in [4.78, 5) is 28.8. The number of hydrazine groups is 1. The fraction of sp³-hybridized carbons (Fsp3) is 0.0500. The van der Waals surface area contributed by atoms with Crippen molar-refractivity contribution in [2.45, 2.75) is 6.92 Å². The van der Waals surface area contributed by atoms with Crippen molar-refractivity contribution in [2.75, 3.05) is 0 Å². The van der Waals surface area contributed by atoms with E-state index in [1.807, 2.05) is 25.1 Å². The van der Waals surface area contributed by atoms with Gasteiger partial charge in [-0.25, -0.2) is 4.98 Å². The van der Waals surface area contributed by atoms with Gasteiger partial charge in [0.05, 0.1) is 17.3 Å². The van der Waals surface area contributed by atoms with Gasteiger partial charge in [-0.3, -0.25) is 20.4 Å². The van der Waals surface area contributed by atoms with Gasteiger partial charge in [-0.1, -0.05) is 36.4 Å². The van der Waals surface area contributed by atoms with E-state index in [0.717, 1.165) is 0 Å². The Hall–Kier alpha value is -3.67. The van der Waals surface area contributed by atoms with E-state index in [9.17, 15) is 9.59 Å². The van der Waals surface area contributed by atoms with Gasteiger partial charge in [0.15, 0.2) is 5.76 Å². The Balaban J connectivity index is 1.88. The highest BCUT2D eigenvalue weighted by Gasteiger charge is 2.15. The lowest BCUT2D eigenvalue weighted by Gasteiger charge is -2.09. The molecule has 3 rings (SSSR count). The molecule has 0 atom stereocenters. The lowest BCUT2D eigenvalue weighted by molar-refractivity contribution is -0.117. The van der Waals surface area contributed by atoms with E-state index in [2.05, 4.69) is 15.8 Å². The predicted octanol–water partition coefficient (Wildman–Crippen LogP) is 3.39. The maximum absolute atomic E-state index is 12.6. The van der Waals surface area contributed by atoms with Crippen LogP contribution in [0.2, 0.25) is 0 Å². The fourth-order valence-corrected chi connectivity index (χ4v) is 2.40. The third-order valence-electron chi connectivity index (χ3n) is 3.58. The molecule has 0 spiro atoms. The Labute approximate surface area is 150 Å². The third-order valence-corrected chi connectivity index (χ3v) is 3.58. The van der Waals surface area contributed by atoms with Crippen LogP contribution in [0.25, 0.3) is 22.4 Å². The quantitative estimate of drug-likeness (QED) is 0.430. The monoisotopic (exact) mass is 347 g/mol. The standard InChI is InChI=1S/C20H17N3O3/c1-2-3-4-11-19(24)22-23-20(25)15-13-17(18-10-7-12-26-18)21-16-9-6-5-8-14(15)16/h2-13H,1H3,(H,22,24)(H,23,25)/b3-2+,11-4+. The number of allylic oxidation sites excluding steroid dienone is 3. The Bertz CT molecular complexity index is 989. The SMILES string of the molecule is C/C=C/C=C/C(=O)NNC(=O)c1cc(-c2ccco2)nc2ccccc12. The lowest BCUT2D eigenvalue weighted by Crippen LogP contribution is -2.40. The summed E-state index contributed by atoms with van der Waals surface area (Å²) in [6.07, 6.45) is 7.95. The normalized spacial score (nSPS) is 11.3. The molecule has 0 aliphatic carbocycles. The zero-order valence-corrected chi connectivity index (χ0v) is 14.1. The van der Waals surface area contributed by atoms with E-state index < -0.39 is 11.8 Å². The fourth-order valence-electron chi connectivity index (χ4n) is 2.40. The number of fused-ring (bicyclic) bond motifs is 1. The molecule has 6 nitrogen and oxygen atoms in total. The van der Waals surface area contributed by atoms with Gasteiger partial charge in [0.2, 0.25) is 0 Å². The number of nitrogens with one attached hydrogen (secondary N) is 2. The van der Waals surface area contributed by atoms with E-state index in [4.69, 9.17) is 4.42 Å². The number of para-hydroxylation sites is 1. The number of pyridine rings is 1.